The molecule has 5 heteroatoms. The van der Waals surface area contributed by atoms with Crippen LogP contribution in [0.2, 0.25) is 0 Å². The first-order chi connectivity index (χ1) is 10.0. The fourth-order valence-electron chi connectivity index (χ4n) is 2.62. The SMILES string of the molecule is COCCN(Cc1cccc(C(N)=S)c1F)C(C)C1CC1. The highest BCUT2D eigenvalue weighted by molar-refractivity contribution is 7.80. The average Bonchev–Trinajstić information content (AvgIpc) is 3.28. The van der Waals surface area contributed by atoms with Crippen molar-refractivity contribution in [2.45, 2.75) is 32.4 Å². The molecule has 3 nitrogen and oxygen atoms in total. The number of benzene rings is 1. The van der Waals surface area contributed by atoms with Crippen LogP contribution in [-0.2, 0) is 11.3 Å². The number of rotatable bonds is 8. The van der Waals surface area contributed by atoms with Gasteiger partial charge in [-0.1, -0.05) is 24.4 Å². The van der Waals surface area contributed by atoms with Crippen molar-refractivity contribution in [3.8, 4) is 0 Å². The smallest absolute Gasteiger partial charge is 0.137 e. The molecule has 1 aromatic carbocycles. The fourth-order valence-corrected chi connectivity index (χ4v) is 2.78. The van der Waals surface area contributed by atoms with Gasteiger partial charge in [0.2, 0.25) is 0 Å². The average molecular weight is 310 g/mol. The summed E-state index contributed by atoms with van der Waals surface area (Å²) in [6.07, 6.45) is 2.53. The molecule has 0 radical (unpaired) electrons. The predicted octanol–water partition coefficient (Wildman–Crippen LogP) is 2.71. The van der Waals surface area contributed by atoms with E-state index in [1.807, 2.05) is 6.07 Å². The van der Waals surface area contributed by atoms with Crippen molar-refractivity contribution < 1.29 is 9.13 Å². The summed E-state index contributed by atoms with van der Waals surface area (Å²) < 4.78 is 19.6. The van der Waals surface area contributed by atoms with E-state index in [0.29, 0.717) is 30.3 Å². The maximum absolute atomic E-state index is 14.5. The molecule has 0 aromatic heterocycles. The summed E-state index contributed by atoms with van der Waals surface area (Å²) in [6.45, 7) is 4.21. The van der Waals surface area contributed by atoms with Crippen molar-refractivity contribution in [2.24, 2.45) is 11.7 Å². The highest BCUT2D eigenvalue weighted by Gasteiger charge is 2.32. The second kappa shape index (κ2) is 7.29. The van der Waals surface area contributed by atoms with Gasteiger partial charge >= 0.3 is 0 Å². The van der Waals surface area contributed by atoms with Crippen LogP contribution in [0.3, 0.4) is 0 Å². The van der Waals surface area contributed by atoms with E-state index in [1.54, 1.807) is 19.2 Å². The molecule has 1 aromatic rings. The largest absolute Gasteiger partial charge is 0.389 e. The van der Waals surface area contributed by atoms with E-state index in [1.165, 1.54) is 12.8 Å². The lowest BCUT2D eigenvalue weighted by atomic mass is 10.1. The van der Waals surface area contributed by atoms with E-state index in [9.17, 15) is 4.39 Å². The van der Waals surface area contributed by atoms with E-state index in [2.05, 4.69) is 11.8 Å². The Labute approximate surface area is 131 Å². The van der Waals surface area contributed by atoms with Crippen molar-refractivity contribution >= 4 is 17.2 Å². The van der Waals surface area contributed by atoms with Crippen LogP contribution < -0.4 is 5.73 Å². The van der Waals surface area contributed by atoms with Crippen LogP contribution in [0, 0.1) is 11.7 Å². The topological polar surface area (TPSA) is 38.5 Å². The summed E-state index contributed by atoms with van der Waals surface area (Å²) in [5, 5.41) is 0. The Hall–Kier alpha value is -1.04. The monoisotopic (exact) mass is 310 g/mol. The van der Waals surface area contributed by atoms with Crippen molar-refractivity contribution in [1.29, 1.82) is 0 Å². The number of nitrogens with two attached hydrogens (primary N) is 1. The molecule has 1 aliphatic carbocycles. The Morgan fingerprint density at radius 3 is 2.81 bits per heavy atom. The predicted molar refractivity (Wildman–Crippen MR) is 86.8 cm³/mol. The molecule has 1 atom stereocenters. The van der Waals surface area contributed by atoms with Crippen LogP contribution in [0.4, 0.5) is 4.39 Å². The number of halogens is 1. The van der Waals surface area contributed by atoms with Crippen molar-refractivity contribution in [2.75, 3.05) is 20.3 Å². The lowest BCUT2D eigenvalue weighted by Gasteiger charge is -2.29. The van der Waals surface area contributed by atoms with Gasteiger partial charge in [-0.15, -0.1) is 0 Å². The first kappa shape index (κ1) is 16.3. The zero-order chi connectivity index (χ0) is 15.4. The molecule has 2 rings (SSSR count). The molecule has 116 valence electrons. The first-order valence-corrected chi connectivity index (χ1v) is 7.75. The number of hydrogen-bond donors (Lipinski definition) is 1. The summed E-state index contributed by atoms with van der Waals surface area (Å²) in [6, 6.07) is 5.68. The molecule has 1 fully saturated rings. The minimum absolute atomic E-state index is 0.105. The molecule has 0 aliphatic heterocycles. The number of methoxy groups -OCH3 is 1. The Bertz CT molecular complexity index is 505. The van der Waals surface area contributed by atoms with Gasteiger partial charge in [-0.25, -0.2) is 4.39 Å². The van der Waals surface area contributed by atoms with Crippen LogP contribution in [0.5, 0.6) is 0 Å². The van der Waals surface area contributed by atoms with Crippen molar-refractivity contribution in [3.63, 3.8) is 0 Å². The van der Waals surface area contributed by atoms with Crippen LogP contribution >= 0.6 is 12.2 Å². The number of nitrogens with zero attached hydrogens (tertiary/aromatic N) is 1. The summed E-state index contributed by atoms with van der Waals surface area (Å²) in [7, 11) is 1.69. The molecule has 1 aliphatic rings. The first-order valence-electron chi connectivity index (χ1n) is 7.34. The lowest BCUT2D eigenvalue weighted by Crippen LogP contribution is -2.37. The Balaban J connectivity index is 2.15. The molecular formula is C16H23FN2OS. The molecule has 0 saturated heterocycles. The van der Waals surface area contributed by atoms with Gasteiger partial charge in [0.05, 0.1) is 6.61 Å². The summed E-state index contributed by atoms with van der Waals surface area (Å²) in [5.41, 5.74) is 6.54. The second-order valence-electron chi connectivity index (χ2n) is 5.68. The lowest BCUT2D eigenvalue weighted by molar-refractivity contribution is 0.111. The van der Waals surface area contributed by atoms with E-state index >= 15 is 0 Å². The quantitative estimate of drug-likeness (QED) is 0.749. The van der Waals surface area contributed by atoms with Gasteiger partial charge in [0.15, 0.2) is 0 Å². The third kappa shape index (κ3) is 4.22. The van der Waals surface area contributed by atoms with Crippen molar-refractivity contribution in [1.82, 2.24) is 4.90 Å². The molecule has 1 saturated carbocycles. The minimum atomic E-state index is -0.296. The van der Waals surface area contributed by atoms with E-state index < -0.39 is 0 Å². The van der Waals surface area contributed by atoms with Crippen LogP contribution in [0.1, 0.15) is 30.9 Å². The Morgan fingerprint density at radius 2 is 2.24 bits per heavy atom. The molecule has 0 bridgehead atoms. The third-order valence-electron chi connectivity index (χ3n) is 4.18. The standard InChI is InChI=1S/C16H23FN2OS/c1-11(12-6-7-12)19(8-9-20-2)10-13-4-3-5-14(15(13)17)16(18)21/h3-5,11-12H,6-10H2,1-2H3,(H2,18,21). The highest BCUT2D eigenvalue weighted by Crippen LogP contribution is 2.35. The molecule has 1 unspecified atom stereocenters. The molecule has 2 N–H and O–H groups in total. The molecule has 21 heavy (non-hydrogen) atoms. The van der Waals surface area contributed by atoms with Gasteiger partial charge in [0.25, 0.3) is 0 Å². The van der Waals surface area contributed by atoms with Gasteiger partial charge in [-0.05, 0) is 31.7 Å². The summed E-state index contributed by atoms with van der Waals surface area (Å²) in [5.74, 6) is 0.430. The van der Waals surface area contributed by atoms with E-state index in [0.717, 1.165) is 12.5 Å². The molecule has 0 spiro atoms. The number of hydrogen-bond acceptors (Lipinski definition) is 3. The molecule has 0 heterocycles. The van der Waals surface area contributed by atoms with E-state index in [4.69, 9.17) is 22.7 Å². The Kier molecular flexibility index (Phi) is 5.67. The van der Waals surface area contributed by atoms with Crippen LogP contribution in [0.25, 0.3) is 0 Å². The number of ether oxygens (including phenoxy) is 1. The summed E-state index contributed by atoms with van der Waals surface area (Å²) >= 11 is 4.90. The van der Waals surface area contributed by atoms with Crippen molar-refractivity contribution in [3.05, 3.63) is 35.1 Å². The van der Waals surface area contributed by atoms with Gasteiger partial charge < -0.3 is 10.5 Å². The van der Waals surface area contributed by atoms with Gasteiger partial charge in [-0.3, -0.25) is 4.90 Å². The third-order valence-corrected chi connectivity index (χ3v) is 4.40. The molecule has 0 amide bonds. The zero-order valence-electron chi connectivity index (χ0n) is 12.6. The maximum atomic E-state index is 14.5. The second-order valence-corrected chi connectivity index (χ2v) is 6.12. The number of thiocarbonyl (C=S) groups is 1. The zero-order valence-corrected chi connectivity index (χ0v) is 13.5. The normalized spacial score (nSPS) is 16.2. The van der Waals surface area contributed by atoms with E-state index in [-0.39, 0.29) is 10.8 Å². The van der Waals surface area contributed by atoms with Crippen LogP contribution in [0.15, 0.2) is 18.2 Å². The highest BCUT2D eigenvalue weighted by atomic mass is 32.1. The summed E-state index contributed by atoms with van der Waals surface area (Å²) in [4.78, 5) is 2.39. The fraction of sp³-hybridized carbons (Fsp3) is 0.562. The molecular weight excluding hydrogens is 287 g/mol. The van der Waals surface area contributed by atoms with Crippen LogP contribution in [-0.4, -0.2) is 36.2 Å². The van der Waals surface area contributed by atoms with Gasteiger partial charge in [0, 0.05) is 37.4 Å². The van der Waals surface area contributed by atoms with Gasteiger partial charge in [0.1, 0.15) is 10.8 Å². The minimum Gasteiger partial charge on any atom is -0.389 e. The van der Waals surface area contributed by atoms with Gasteiger partial charge in [-0.2, -0.15) is 0 Å². The Morgan fingerprint density at radius 1 is 1.52 bits per heavy atom. The maximum Gasteiger partial charge on any atom is 0.137 e.